The number of hydrogen-bond donors (Lipinski definition) is 1. The summed E-state index contributed by atoms with van der Waals surface area (Å²) < 4.78 is 0. The van der Waals surface area contributed by atoms with Gasteiger partial charge in [-0.1, -0.05) is 12.8 Å². The first-order valence-electron chi connectivity index (χ1n) is 8.94. The lowest BCUT2D eigenvalue weighted by Gasteiger charge is -2.20. The molecule has 1 aliphatic heterocycles. The van der Waals surface area contributed by atoms with E-state index in [0.717, 1.165) is 38.0 Å². The summed E-state index contributed by atoms with van der Waals surface area (Å²) in [4.78, 5) is 31.7. The fourth-order valence-corrected chi connectivity index (χ4v) is 3.77. The van der Waals surface area contributed by atoms with Gasteiger partial charge < -0.3 is 10.2 Å². The SMILES string of the molecule is O=C(C1CCCC1)N1CC[C@@H](c2ccnc(Nc3cnccn3)n2)C1. The molecule has 0 spiro atoms. The Labute approximate surface area is 146 Å². The minimum absolute atomic E-state index is 0.248. The van der Waals surface area contributed by atoms with Crippen molar-refractivity contribution in [1.29, 1.82) is 0 Å². The third-order valence-corrected chi connectivity index (χ3v) is 5.10. The van der Waals surface area contributed by atoms with Crippen LogP contribution in [-0.2, 0) is 4.79 Å². The number of nitrogens with zero attached hydrogens (tertiary/aromatic N) is 5. The lowest BCUT2D eigenvalue weighted by Crippen LogP contribution is -2.33. The summed E-state index contributed by atoms with van der Waals surface area (Å²) in [5.74, 6) is 1.99. The van der Waals surface area contributed by atoms with Crippen molar-refractivity contribution in [3.8, 4) is 0 Å². The van der Waals surface area contributed by atoms with Gasteiger partial charge in [-0.05, 0) is 25.3 Å². The Hall–Kier alpha value is -2.57. The van der Waals surface area contributed by atoms with Gasteiger partial charge >= 0.3 is 0 Å². The molecule has 130 valence electrons. The first-order chi connectivity index (χ1) is 12.3. The van der Waals surface area contributed by atoms with E-state index in [0.29, 0.717) is 17.7 Å². The summed E-state index contributed by atoms with van der Waals surface area (Å²) >= 11 is 0. The van der Waals surface area contributed by atoms with Crippen molar-refractivity contribution in [2.24, 2.45) is 5.92 Å². The number of carbonyl (C=O) groups is 1. The van der Waals surface area contributed by atoms with E-state index in [-0.39, 0.29) is 11.8 Å². The van der Waals surface area contributed by atoms with Crippen molar-refractivity contribution >= 4 is 17.7 Å². The van der Waals surface area contributed by atoms with Crippen molar-refractivity contribution in [3.63, 3.8) is 0 Å². The predicted octanol–water partition coefficient (Wildman–Crippen LogP) is 2.52. The molecule has 2 aromatic rings. The van der Waals surface area contributed by atoms with E-state index >= 15 is 0 Å². The molecular weight excluding hydrogens is 316 g/mol. The molecule has 1 saturated heterocycles. The van der Waals surface area contributed by atoms with Gasteiger partial charge in [0.1, 0.15) is 0 Å². The molecule has 7 heteroatoms. The highest BCUT2D eigenvalue weighted by Crippen LogP contribution is 2.31. The molecule has 2 aliphatic rings. The summed E-state index contributed by atoms with van der Waals surface area (Å²) in [7, 11) is 0. The van der Waals surface area contributed by atoms with Gasteiger partial charge in [-0.3, -0.25) is 9.78 Å². The van der Waals surface area contributed by atoms with Crippen LogP contribution in [0.1, 0.15) is 43.7 Å². The van der Waals surface area contributed by atoms with Crippen LogP contribution in [0.25, 0.3) is 0 Å². The fraction of sp³-hybridized carbons (Fsp3) is 0.500. The van der Waals surface area contributed by atoms with Gasteiger partial charge in [0, 0.05) is 43.5 Å². The third-order valence-electron chi connectivity index (χ3n) is 5.10. The van der Waals surface area contributed by atoms with Crippen LogP contribution in [0.2, 0.25) is 0 Å². The minimum Gasteiger partial charge on any atom is -0.342 e. The summed E-state index contributed by atoms with van der Waals surface area (Å²) in [6.45, 7) is 1.59. The van der Waals surface area contributed by atoms with E-state index in [1.54, 1.807) is 24.8 Å². The van der Waals surface area contributed by atoms with E-state index in [2.05, 4.69) is 25.3 Å². The van der Waals surface area contributed by atoms with E-state index in [4.69, 9.17) is 0 Å². The van der Waals surface area contributed by atoms with Gasteiger partial charge in [0.15, 0.2) is 5.82 Å². The van der Waals surface area contributed by atoms with E-state index in [9.17, 15) is 4.79 Å². The first kappa shape index (κ1) is 15.9. The average molecular weight is 338 g/mol. The number of rotatable bonds is 4. The smallest absolute Gasteiger partial charge is 0.228 e. The highest BCUT2D eigenvalue weighted by Gasteiger charge is 2.33. The molecule has 1 N–H and O–H groups in total. The van der Waals surface area contributed by atoms with Crippen LogP contribution < -0.4 is 5.32 Å². The zero-order chi connectivity index (χ0) is 17.1. The number of anilines is 2. The maximum Gasteiger partial charge on any atom is 0.228 e. The topological polar surface area (TPSA) is 83.9 Å². The molecule has 0 bridgehead atoms. The Balaban J connectivity index is 1.42. The Bertz CT molecular complexity index is 731. The lowest BCUT2D eigenvalue weighted by atomic mass is 10.0. The number of nitrogens with one attached hydrogen (secondary N) is 1. The molecule has 1 amide bonds. The van der Waals surface area contributed by atoms with Crippen LogP contribution in [0.4, 0.5) is 11.8 Å². The van der Waals surface area contributed by atoms with Gasteiger partial charge in [0.25, 0.3) is 0 Å². The lowest BCUT2D eigenvalue weighted by molar-refractivity contribution is -0.134. The van der Waals surface area contributed by atoms with Crippen molar-refractivity contribution < 1.29 is 4.79 Å². The molecule has 1 atom stereocenters. The molecule has 7 nitrogen and oxygen atoms in total. The highest BCUT2D eigenvalue weighted by atomic mass is 16.2. The minimum atomic E-state index is 0.248. The molecule has 25 heavy (non-hydrogen) atoms. The fourth-order valence-electron chi connectivity index (χ4n) is 3.77. The summed E-state index contributed by atoms with van der Waals surface area (Å²) in [5, 5.41) is 3.07. The van der Waals surface area contributed by atoms with Crippen LogP contribution in [-0.4, -0.2) is 43.8 Å². The second-order valence-corrected chi connectivity index (χ2v) is 6.77. The second kappa shape index (κ2) is 7.13. The standard InChI is InChI=1S/C18H22N6O/c25-17(13-3-1-2-4-13)24-10-6-14(12-24)15-5-7-21-18(22-15)23-16-11-19-8-9-20-16/h5,7-9,11,13-14H,1-4,6,10,12H2,(H,20,21,22,23)/t14-/m1/s1. The molecule has 1 saturated carbocycles. The average Bonchev–Trinajstić information content (AvgIpc) is 3.34. The summed E-state index contributed by atoms with van der Waals surface area (Å²) in [5.41, 5.74) is 0.975. The van der Waals surface area contributed by atoms with Gasteiger partial charge in [-0.25, -0.2) is 15.0 Å². The molecular formula is C18H22N6O. The number of carbonyl (C=O) groups excluding carboxylic acids is 1. The number of likely N-dealkylation sites (tertiary alicyclic amines) is 1. The van der Waals surface area contributed by atoms with Gasteiger partial charge in [-0.15, -0.1) is 0 Å². The Kier molecular flexibility index (Phi) is 4.54. The molecule has 0 aromatic carbocycles. The van der Waals surface area contributed by atoms with E-state index < -0.39 is 0 Å². The number of aromatic nitrogens is 4. The van der Waals surface area contributed by atoms with Crippen LogP contribution in [0.15, 0.2) is 30.9 Å². The number of hydrogen-bond acceptors (Lipinski definition) is 6. The quantitative estimate of drug-likeness (QED) is 0.922. The third kappa shape index (κ3) is 3.60. The Morgan fingerprint density at radius 3 is 2.80 bits per heavy atom. The Morgan fingerprint density at radius 2 is 2.00 bits per heavy atom. The molecule has 3 heterocycles. The zero-order valence-electron chi connectivity index (χ0n) is 14.1. The zero-order valence-corrected chi connectivity index (χ0v) is 14.1. The van der Waals surface area contributed by atoms with Gasteiger partial charge in [0.2, 0.25) is 11.9 Å². The van der Waals surface area contributed by atoms with Gasteiger partial charge in [-0.2, -0.15) is 0 Å². The molecule has 1 aliphatic carbocycles. The van der Waals surface area contributed by atoms with Crippen LogP contribution >= 0.6 is 0 Å². The predicted molar refractivity (Wildman–Crippen MR) is 93.2 cm³/mol. The Morgan fingerprint density at radius 1 is 1.12 bits per heavy atom. The summed E-state index contributed by atoms with van der Waals surface area (Å²) in [6.07, 6.45) is 12.1. The van der Waals surface area contributed by atoms with Crippen LogP contribution in [0.5, 0.6) is 0 Å². The molecule has 2 aromatic heterocycles. The second-order valence-electron chi connectivity index (χ2n) is 6.77. The van der Waals surface area contributed by atoms with Crippen LogP contribution in [0.3, 0.4) is 0 Å². The van der Waals surface area contributed by atoms with Crippen molar-refractivity contribution in [2.75, 3.05) is 18.4 Å². The molecule has 0 unspecified atom stereocenters. The molecule has 4 rings (SSSR count). The molecule has 0 radical (unpaired) electrons. The van der Waals surface area contributed by atoms with Crippen molar-refractivity contribution in [2.45, 2.75) is 38.0 Å². The monoisotopic (exact) mass is 338 g/mol. The van der Waals surface area contributed by atoms with Crippen molar-refractivity contribution in [1.82, 2.24) is 24.8 Å². The number of amides is 1. The normalized spacial score (nSPS) is 20.8. The van der Waals surface area contributed by atoms with Crippen LogP contribution in [0, 0.1) is 5.92 Å². The maximum atomic E-state index is 12.6. The first-order valence-corrected chi connectivity index (χ1v) is 8.94. The highest BCUT2D eigenvalue weighted by molar-refractivity contribution is 5.79. The largest absolute Gasteiger partial charge is 0.342 e. The summed E-state index contributed by atoms with van der Waals surface area (Å²) in [6, 6.07) is 1.94. The van der Waals surface area contributed by atoms with Gasteiger partial charge in [0.05, 0.1) is 11.9 Å². The maximum absolute atomic E-state index is 12.6. The van der Waals surface area contributed by atoms with Crippen molar-refractivity contribution in [3.05, 3.63) is 36.5 Å². The molecule has 2 fully saturated rings. The van der Waals surface area contributed by atoms with E-state index in [1.807, 2.05) is 11.0 Å². The van der Waals surface area contributed by atoms with E-state index in [1.165, 1.54) is 12.8 Å².